The van der Waals surface area contributed by atoms with Crippen LogP contribution in [-0.2, 0) is 4.79 Å². The van der Waals surface area contributed by atoms with E-state index in [4.69, 9.17) is 5.11 Å². The third kappa shape index (κ3) is 7.18. The molecule has 0 aliphatic carbocycles. The normalized spacial score (nSPS) is 10.2. The van der Waals surface area contributed by atoms with Gasteiger partial charge in [-0.15, -0.1) is 0 Å². The largest absolute Gasteiger partial charge is 0.396 e. The van der Waals surface area contributed by atoms with Gasteiger partial charge in [0.2, 0.25) is 5.91 Å². The summed E-state index contributed by atoms with van der Waals surface area (Å²) in [6.07, 6.45) is -2.09. The molecule has 0 fully saturated rings. The van der Waals surface area contributed by atoms with Crippen molar-refractivity contribution in [1.29, 1.82) is 0 Å². The highest BCUT2D eigenvalue weighted by atomic mass is 19.3. The van der Waals surface area contributed by atoms with Gasteiger partial charge in [-0.3, -0.25) is 4.79 Å². The number of rotatable bonds is 5. The zero-order valence-electron chi connectivity index (χ0n) is 6.02. The number of carbonyl (C=O) groups excluding carboxylic acids is 1. The van der Waals surface area contributed by atoms with E-state index in [9.17, 15) is 13.6 Å². The minimum absolute atomic E-state index is 0.0951. The molecular weight excluding hydrogens is 156 g/mol. The van der Waals surface area contributed by atoms with Crippen molar-refractivity contribution in [3.05, 3.63) is 0 Å². The van der Waals surface area contributed by atoms with Gasteiger partial charge in [-0.2, -0.15) is 0 Å². The lowest BCUT2D eigenvalue weighted by Crippen LogP contribution is -2.28. The molecule has 11 heavy (non-hydrogen) atoms. The fourth-order valence-electron chi connectivity index (χ4n) is 0.519. The fraction of sp³-hybridized carbons (Fsp3) is 0.833. The van der Waals surface area contributed by atoms with Crippen LogP contribution in [-0.4, -0.2) is 30.6 Å². The highest BCUT2D eigenvalue weighted by molar-refractivity contribution is 5.75. The summed E-state index contributed by atoms with van der Waals surface area (Å²) in [6.45, 7) is -0.702. The SMILES string of the molecule is O=C(CCCO)NCC(F)F. The molecule has 0 atom stereocenters. The van der Waals surface area contributed by atoms with Crippen LogP contribution in [0.2, 0.25) is 0 Å². The Kier molecular flexibility index (Phi) is 5.64. The lowest BCUT2D eigenvalue weighted by molar-refractivity contribution is -0.122. The van der Waals surface area contributed by atoms with Gasteiger partial charge in [-0.05, 0) is 6.42 Å². The minimum Gasteiger partial charge on any atom is -0.396 e. The Labute approximate surface area is 63.4 Å². The number of hydrogen-bond acceptors (Lipinski definition) is 2. The Bertz CT molecular complexity index is 119. The van der Waals surface area contributed by atoms with Crippen LogP contribution in [0.5, 0.6) is 0 Å². The summed E-state index contributed by atoms with van der Waals surface area (Å²) in [5, 5.41) is 10.3. The fourth-order valence-corrected chi connectivity index (χ4v) is 0.519. The number of nitrogens with one attached hydrogen (secondary N) is 1. The third-order valence-corrected chi connectivity index (χ3v) is 1.02. The van der Waals surface area contributed by atoms with Crippen LogP contribution in [0, 0.1) is 0 Å². The van der Waals surface area contributed by atoms with E-state index in [2.05, 4.69) is 0 Å². The molecule has 0 radical (unpaired) electrons. The average molecular weight is 167 g/mol. The number of aliphatic hydroxyl groups excluding tert-OH is 1. The van der Waals surface area contributed by atoms with Crippen LogP contribution in [0.15, 0.2) is 0 Å². The molecule has 66 valence electrons. The molecule has 1 amide bonds. The van der Waals surface area contributed by atoms with Gasteiger partial charge in [0.05, 0.1) is 6.54 Å². The van der Waals surface area contributed by atoms with Crippen molar-refractivity contribution >= 4 is 5.91 Å². The Balaban J connectivity index is 3.23. The van der Waals surface area contributed by atoms with Gasteiger partial charge < -0.3 is 10.4 Å². The number of alkyl halides is 2. The van der Waals surface area contributed by atoms with Crippen molar-refractivity contribution < 1.29 is 18.7 Å². The summed E-state index contributed by atoms with van der Waals surface area (Å²) < 4.78 is 22.9. The molecule has 0 aromatic rings. The smallest absolute Gasteiger partial charge is 0.255 e. The Hall–Kier alpha value is -0.710. The molecule has 0 bridgehead atoms. The van der Waals surface area contributed by atoms with Crippen molar-refractivity contribution in [1.82, 2.24) is 5.32 Å². The molecule has 0 aromatic heterocycles. The molecule has 0 unspecified atom stereocenters. The summed E-state index contributed by atoms with van der Waals surface area (Å²) in [5.41, 5.74) is 0. The first-order chi connectivity index (χ1) is 5.16. The van der Waals surface area contributed by atoms with Gasteiger partial charge in [0.1, 0.15) is 0 Å². The van der Waals surface area contributed by atoms with E-state index in [-0.39, 0.29) is 13.0 Å². The highest BCUT2D eigenvalue weighted by Crippen LogP contribution is 1.90. The van der Waals surface area contributed by atoms with Crippen LogP contribution in [0.3, 0.4) is 0 Å². The van der Waals surface area contributed by atoms with Gasteiger partial charge in [-0.25, -0.2) is 8.78 Å². The Morgan fingerprint density at radius 2 is 2.18 bits per heavy atom. The standard InChI is InChI=1S/C6H11F2NO2/c7-5(8)4-9-6(11)2-1-3-10/h5,10H,1-4H2,(H,9,11). The van der Waals surface area contributed by atoms with Gasteiger partial charge in [0.25, 0.3) is 6.43 Å². The number of amides is 1. The van der Waals surface area contributed by atoms with Gasteiger partial charge in [-0.1, -0.05) is 0 Å². The van der Waals surface area contributed by atoms with Crippen LogP contribution < -0.4 is 5.32 Å². The Morgan fingerprint density at radius 1 is 1.55 bits per heavy atom. The van der Waals surface area contributed by atoms with E-state index in [1.165, 1.54) is 0 Å². The van der Waals surface area contributed by atoms with Crippen LogP contribution in [0.4, 0.5) is 8.78 Å². The molecule has 5 heteroatoms. The van der Waals surface area contributed by atoms with E-state index in [0.717, 1.165) is 0 Å². The third-order valence-electron chi connectivity index (χ3n) is 1.02. The highest BCUT2D eigenvalue weighted by Gasteiger charge is 2.04. The van der Waals surface area contributed by atoms with Gasteiger partial charge in [0, 0.05) is 13.0 Å². The maximum absolute atomic E-state index is 11.5. The molecule has 0 rings (SSSR count). The first-order valence-electron chi connectivity index (χ1n) is 3.32. The van der Waals surface area contributed by atoms with E-state index < -0.39 is 18.9 Å². The number of aliphatic hydroxyl groups is 1. The molecule has 2 N–H and O–H groups in total. The lowest BCUT2D eigenvalue weighted by Gasteiger charge is -2.02. The maximum atomic E-state index is 11.5. The topological polar surface area (TPSA) is 49.3 Å². The quantitative estimate of drug-likeness (QED) is 0.612. The van der Waals surface area contributed by atoms with Crippen LogP contribution in [0.25, 0.3) is 0 Å². The molecule has 0 aliphatic rings. The van der Waals surface area contributed by atoms with Crippen LogP contribution >= 0.6 is 0 Å². The molecule has 0 saturated carbocycles. The summed E-state index contributed by atoms with van der Waals surface area (Å²) in [6, 6.07) is 0. The van der Waals surface area contributed by atoms with Crippen molar-refractivity contribution in [3.63, 3.8) is 0 Å². The second-order valence-corrected chi connectivity index (χ2v) is 2.02. The van der Waals surface area contributed by atoms with Crippen molar-refractivity contribution in [2.24, 2.45) is 0 Å². The monoisotopic (exact) mass is 167 g/mol. The zero-order valence-corrected chi connectivity index (χ0v) is 6.02. The summed E-state index contributed by atoms with van der Waals surface area (Å²) in [7, 11) is 0. The first kappa shape index (κ1) is 10.3. The van der Waals surface area contributed by atoms with E-state index in [1.54, 1.807) is 0 Å². The summed E-state index contributed by atoms with van der Waals surface area (Å²) >= 11 is 0. The lowest BCUT2D eigenvalue weighted by atomic mass is 10.3. The van der Waals surface area contributed by atoms with Crippen molar-refractivity contribution in [2.45, 2.75) is 19.3 Å². The number of hydrogen-bond donors (Lipinski definition) is 2. The number of halogens is 2. The van der Waals surface area contributed by atoms with Gasteiger partial charge in [0.15, 0.2) is 0 Å². The predicted molar refractivity (Wildman–Crippen MR) is 35.3 cm³/mol. The molecule has 0 heterocycles. The zero-order chi connectivity index (χ0) is 8.69. The van der Waals surface area contributed by atoms with Crippen LogP contribution in [0.1, 0.15) is 12.8 Å². The van der Waals surface area contributed by atoms with E-state index in [0.29, 0.717) is 6.42 Å². The summed E-state index contributed by atoms with van der Waals surface area (Å²) in [4.78, 5) is 10.6. The predicted octanol–water partition coefficient (Wildman–Crippen LogP) is 0.140. The minimum atomic E-state index is -2.51. The molecule has 3 nitrogen and oxygen atoms in total. The maximum Gasteiger partial charge on any atom is 0.255 e. The van der Waals surface area contributed by atoms with E-state index in [1.807, 2.05) is 5.32 Å². The molecular formula is C6H11F2NO2. The molecule has 0 aliphatic heterocycles. The second-order valence-electron chi connectivity index (χ2n) is 2.02. The molecule has 0 spiro atoms. The summed E-state index contributed by atoms with van der Waals surface area (Å²) in [5.74, 6) is -0.445. The Morgan fingerprint density at radius 3 is 2.64 bits per heavy atom. The first-order valence-corrected chi connectivity index (χ1v) is 3.32. The average Bonchev–Trinajstić information content (AvgIpc) is 1.97. The molecule has 0 saturated heterocycles. The van der Waals surface area contributed by atoms with Crippen molar-refractivity contribution in [2.75, 3.05) is 13.2 Å². The molecule has 0 aromatic carbocycles. The van der Waals surface area contributed by atoms with E-state index >= 15 is 0 Å². The van der Waals surface area contributed by atoms with Gasteiger partial charge >= 0.3 is 0 Å². The van der Waals surface area contributed by atoms with Crippen molar-refractivity contribution in [3.8, 4) is 0 Å². The number of carbonyl (C=O) groups is 1. The second kappa shape index (κ2) is 6.03.